The van der Waals surface area contributed by atoms with Crippen molar-refractivity contribution in [2.45, 2.75) is 13.8 Å². The lowest BCUT2D eigenvalue weighted by Gasteiger charge is -2.16. The number of aromatic nitrogens is 2. The Morgan fingerprint density at radius 1 is 1.46 bits per heavy atom. The molecule has 1 aromatic heterocycles. The van der Waals surface area contributed by atoms with Gasteiger partial charge in [0.2, 0.25) is 5.95 Å². The Balaban J connectivity index is 3.01. The zero-order valence-corrected chi connectivity index (χ0v) is 8.63. The highest BCUT2D eigenvalue weighted by molar-refractivity contribution is 5.43. The summed E-state index contributed by atoms with van der Waals surface area (Å²) in [5.74, 6) is 1.63. The molecular weight excluding hydrogens is 164 g/mol. The summed E-state index contributed by atoms with van der Waals surface area (Å²) in [5, 5.41) is 2.94. The zero-order chi connectivity index (χ0) is 9.84. The molecule has 0 spiro atoms. The number of hydrogen-bond acceptors (Lipinski definition) is 4. The summed E-state index contributed by atoms with van der Waals surface area (Å²) >= 11 is 0. The Morgan fingerprint density at radius 3 is 2.69 bits per heavy atom. The normalized spacial score (nSPS) is 9.85. The molecule has 4 heteroatoms. The zero-order valence-electron chi connectivity index (χ0n) is 8.63. The molecule has 0 saturated heterocycles. The highest BCUT2D eigenvalue weighted by atomic mass is 15.2. The predicted octanol–water partition coefficient (Wildman–Crippen LogP) is 1.28. The van der Waals surface area contributed by atoms with Crippen LogP contribution in [-0.2, 0) is 0 Å². The maximum atomic E-state index is 4.33. The topological polar surface area (TPSA) is 41.1 Å². The molecule has 1 aromatic rings. The summed E-state index contributed by atoms with van der Waals surface area (Å²) in [6, 6.07) is 1.98. The number of rotatable bonds is 3. The molecule has 0 amide bonds. The van der Waals surface area contributed by atoms with Crippen LogP contribution in [0.25, 0.3) is 0 Å². The number of nitrogens with one attached hydrogen (secondary N) is 1. The molecule has 0 bridgehead atoms. The predicted molar refractivity (Wildman–Crippen MR) is 55.3 cm³/mol. The molecule has 1 heterocycles. The maximum absolute atomic E-state index is 4.33. The van der Waals surface area contributed by atoms with Crippen LogP contribution >= 0.6 is 0 Å². The Bertz CT molecular complexity index is 285. The van der Waals surface area contributed by atoms with E-state index in [2.05, 4.69) is 27.1 Å². The first-order valence-corrected chi connectivity index (χ1v) is 4.42. The first-order chi connectivity index (χ1) is 6.17. The Labute approximate surface area is 79.0 Å². The third kappa shape index (κ3) is 2.31. The van der Waals surface area contributed by atoms with Gasteiger partial charge in [-0.3, -0.25) is 0 Å². The molecule has 0 aliphatic rings. The van der Waals surface area contributed by atoms with Crippen LogP contribution < -0.4 is 10.2 Å². The summed E-state index contributed by atoms with van der Waals surface area (Å²) in [5.41, 5.74) is 0.981. The van der Waals surface area contributed by atoms with Crippen molar-refractivity contribution in [1.82, 2.24) is 9.97 Å². The molecule has 1 N–H and O–H groups in total. The molecule has 1 rings (SSSR count). The van der Waals surface area contributed by atoms with Gasteiger partial charge in [-0.15, -0.1) is 0 Å². The minimum Gasteiger partial charge on any atom is -0.360 e. The molecule has 0 aliphatic heterocycles. The van der Waals surface area contributed by atoms with Crippen molar-refractivity contribution < 1.29 is 0 Å². The SMILES string of the molecule is CCN(C)c1cc(C)nc(NC)n1. The van der Waals surface area contributed by atoms with Gasteiger partial charge in [0.15, 0.2) is 0 Å². The molecule has 0 atom stereocenters. The monoisotopic (exact) mass is 180 g/mol. The Morgan fingerprint density at radius 2 is 2.15 bits per heavy atom. The van der Waals surface area contributed by atoms with E-state index in [1.807, 2.05) is 27.1 Å². The van der Waals surface area contributed by atoms with Crippen LogP contribution in [0.15, 0.2) is 6.07 Å². The second kappa shape index (κ2) is 4.07. The van der Waals surface area contributed by atoms with E-state index >= 15 is 0 Å². The van der Waals surface area contributed by atoms with Crippen LogP contribution in [0.2, 0.25) is 0 Å². The van der Waals surface area contributed by atoms with Gasteiger partial charge in [0.25, 0.3) is 0 Å². The second-order valence-corrected chi connectivity index (χ2v) is 2.96. The van der Waals surface area contributed by atoms with E-state index in [9.17, 15) is 0 Å². The van der Waals surface area contributed by atoms with Gasteiger partial charge in [-0.1, -0.05) is 0 Å². The van der Waals surface area contributed by atoms with Gasteiger partial charge in [0, 0.05) is 32.4 Å². The molecular formula is C9H16N4. The van der Waals surface area contributed by atoms with Crippen LogP contribution in [0.5, 0.6) is 0 Å². The Hall–Kier alpha value is -1.32. The molecule has 72 valence electrons. The molecule has 0 radical (unpaired) electrons. The molecule has 0 unspecified atom stereocenters. The van der Waals surface area contributed by atoms with Crippen molar-refractivity contribution in [3.63, 3.8) is 0 Å². The molecule has 13 heavy (non-hydrogen) atoms. The summed E-state index contributed by atoms with van der Waals surface area (Å²) in [7, 11) is 3.84. The highest BCUT2D eigenvalue weighted by Gasteiger charge is 2.03. The minimum atomic E-state index is 0.676. The van der Waals surface area contributed by atoms with Gasteiger partial charge in [-0.25, -0.2) is 4.98 Å². The van der Waals surface area contributed by atoms with Crippen molar-refractivity contribution in [3.8, 4) is 0 Å². The third-order valence-electron chi connectivity index (χ3n) is 1.93. The summed E-state index contributed by atoms with van der Waals surface area (Å²) < 4.78 is 0. The summed E-state index contributed by atoms with van der Waals surface area (Å²) in [6.45, 7) is 5.01. The van der Waals surface area contributed by atoms with Gasteiger partial charge in [-0.05, 0) is 13.8 Å². The first-order valence-electron chi connectivity index (χ1n) is 4.42. The average Bonchev–Trinajstić information content (AvgIpc) is 2.15. The molecule has 0 aromatic carbocycles. The van der Waals surface area contributed by atoms with E-state index in [4.69, 9.17) is 0 Å². The minimum absolute atomic E-state index is 0.676. The lowest BCUT2D eigenvalue weighted by Crippen LogP contribution is -2.18. The average molecular weight is 180 g/mol. The van der Waals surface area contributed by atoms with Gasteiger partial charge < -0.3 is 10.2 Å². The quantitative estimate of drug-likeness (QED) is 0.760. The highest BCUT2D eigenvalue weighted by Crippen LogP contribution is 2.12. The second-order valence-electron chi connectivity index (χ2n) is 2.96. The lowest BCUT2D eigenvalue weighted by atomic mass is 10.4. The van der Waals surface area contributed by atoms with Crippen LogP contribution in [-0.4, -0.2) is 30.6 Å². The molecule has 0 aliphatic carbocycles. The molecule has 0 fully saturated rings. The largest absolute Gasteiger partial charge is 0.360 e. The number of aryl methyl sites for hydroxylation is 1. The van der Waals surface area contributed by atoms with Crippen molar-refractivity contribution in [2.75, 3.05) is 30.9 Å². The fraction of sp³-hybridized carbons (Fsp3) is 0.556. The van der Waals surface area contributed by atoms with Crippen molar-refractivity contribution in [3.05, 3.63) is 11.8 Å². The standard InChI is InChI=1S/C9H16N4/c1-5-13(4)8-6-7(2)11-9(10-3)12-8/h6H,5H2,1-4H3,(H,10,11,12). The van der Waals surface area contributed by atoms with Crippen molar-refractivity contribution in [1.29, 1.82) is 0 Å². The van der Waals surface area contributed by atoms with Gasteiger partial charge >= 0.3 is 0 Å². The molecule has 4 nitrogen and oxygen atoms in total. The third-order valence-corrected chi connectivity index (χ3v) is 1.93. The van der Waals surface area contributed by atoms with Crippen LogP contribution in [0.4, 0.5) is 11.8 Å². The first kappa shape index (κ1) is 9.77. The van der Waals surface area contributed by atoms with Crippen LogP contribution in [0, 0.1) is 6.92 Å². The van der Waals surface area contributed by atoms with E-state index in [1.165, 1.54) is 0 Å². The van der Waals surface area contributed by atoms with E-state index < -0.39 is 0 Å². The van der Waals surface area contributed by atoms with E-state index in [1.54, 1.807) is 0 Å². The number of hydrogen-bond donors (Lipinski definition) is 1. The van der Waals surface area contributed by atoms with Gasteiger partial charge in [-0.2, -0.15) is 4.98 Å². The van der Waals surface area contributed by atoms with E-state index in [0.29, 0.717) is 5.95 Å². The number of nitrogens with zero attached hydrogens (tertiary/aromatic N) is 3. The summed E-state index contributed by atoms with van der Waals surface area (Å²) in [6.07, 6.45) is 0. The number of anilines is 2. The van der Waals surface area contributed by atoms with E-state index in [0.717, 1.165) is 18.1 Å². The van der Waals surface area contributed by atoms with Crippen molar-refractivity contribution in [2.24, 2.45) is 0 Å². The smallest absolute Gasteiger partial charge is 0.224 e. The fourth-order valence-corrected chi connectivity index (χ4v) is 1.02. The maximum Gasteiger partial charge on any atom is 0.224 e. The summed E-state index contributed by atoms with van der Waals surface area (Å²) in [4.78, 5) is 10.6. The van der Waals surface area contributed by atoms with Crippen LogP contribution in [0.3, 0.4) is 0 Å². The van der Waals surface area contributed by atoms with Gasteiger partial charge in [0.05, 0.1) is 0 Å². The lowest BCUT2D eigenvalue weighted by molar-refractivity contribution is 0.923. The van der Waals surface area contributed by atoms with Crippen molar-refractivity contribution >= 4 is 11.8 Å². The van der Waals surface area contributed by atoms with E-state index in [-0.39, 0.29) is 0 Å². The van der Waals surface area contributed by atoms with Gasteiger partial charge in [0.1, 0.15) is 5.82 Å². The Kier molecular flexibility index (Phi) is 3.06. The fourth-order valence-electron chi connectivity index (χ4n) is 1.02. The van der Waals surface area contributed by atoms with Crippen LogP contribution in [0.1, 0.15) is 12.6 Å². The molecule has 0 saturated carbocycles.